The molecule has 2 aromatic rings. The monoisotopic (exact) mass is 361 g/mol. The highest BCUT2D eigenvalue weighted by Crippen LogP contribution is 2.23. The van der Waals surface area contributed by atoms with Gasteiger partial charge in [0.15, 0.2) is 0 Å². The van der Waals surface area contributed by atoms with Crippen LogP contribution < -0.4 is 4.74 Å². The van der Waals surface area contributed by atoms with E-state index in [1.54, 1.807) is 30.3 Å². The normalized spacial score (nSPS) is 11.8. The summed E-state index contributed by atoms with van der Waals surface area (Å²) in [5.74, 6) is 0.702. The van der Waals surface area contributed by atoms with Crippen LogP contribution in [0.3, 0.4) is 0 Å². The molecule has 0 N–H and O–H groups in total. The van der Waals surface area contributed by atoms with E-state index in [-0.39, 0.29) is 9.80 Å². The minimum atomic E-state index is -3.88. The average molecular weight is 362 g/mol. The lowest BCUT2D eigenvalue weighted by Gasteiger charge is -2.05. The minimum Gasteiger partial charge on any atom is -0.494 e. The summed E-state index contributed by atoms with van der Waals surface area (Å²) in [5, 5.41) is 9.69. The van der Waals surface area contributed by atoms with E-state index in [2.05, 4.69) is 0 Å². The van der Waals surface area contributed by atoms with E-state index in [9.17, 15) is 13.7 Å². The number of hydrogen-bond donors (Lipinski definition) is 0. The fourth-order valence-electron chi connectivity index (χ4n) is 1.94. The summed E-state index contributed by atoms with van der Waals surface area (Å²) in [5.41, 5.74) is 0.605. The van der Waals surface area contributed by atoms with Crippen molar-refractivity contribution in [3.05, 3.63) is 64.0 Å². The number of hydrogen-bond acceptors (Lipinski definition) is 4. The lowest BCUT2D eigenvalue weighted by atomic mass is 10.2. The quantitative estimate of drug-likeness (QED) is 0.712. The molecule has 0 heterocycles. The molecule has 0 bridgehead atoms. The molecule has 0 saturated heterocycles. The van der Waals surface area contributed by atoms with Crippen LogP contribution in [0.1, 0.15) is 18.9 Å². The first-order valence-electron chi connectivity index (χ1n) is 7.32. The maximum atomic E-state index is 12.5. The Hall–Kier alpha value is -2.29. The number of nitriles is 1. The second-order valence-electron chi connectivity index (χ2n) is 5.00. The highest BCUT2D eigenvalue weighted by Gasteiger charge is 2.20. The molecule has 0 spiro atoms. The van der Waals surface area contributed by atoms with Crippen molar-refractivity contribution >= 4 is 27.5 Å². The summed E-state index contributed by atoms with van der Waals surface area (Å²) in [7, 11) is -3.88. The summed E-state index contributed by atoms with van der Waals surface area (Å²) >= 11 is 5.77. The lowest BCUT2D eigenvalue weighted by molar-refractivity contribution is 0.317. The van der Waals surface area contributed by atoms with Gasteiger partial charge in [-0.15, -0.1) is 0 Å². The van der Waals surface area contributed by atoms with Crippen molar-refractivity contribution in [2.45, 2.75) is 18.2 Å². The topological polar surface area (TPSA) is 67.2 Å². The molecule has 124 valence electrons. The van der Waals surface area contributed by atoms with Crippen LogP contribution >= 0.6 is 11.6 Å². The Labute approximate surface area is 146 Å². The van der Waals surface area contributed by atoms with Crippen LogP contribution in [0.25, 0.3) is 6.08 Å². The molecule has 24 heavy (non-hydrogen) atoms. The van der Waals surface area contributed by atoms with Gasteiger partial charge in [-0.25, -0.2) is 8.42 Å². The Morgan fingerprint density at radius 1 is 1.17 bits per heavy atom. The molecule has 0 aliphatic heterocycles. The van der Waals surface area contributed by atoms with Crippen LogP contribution in [0.5, 0.6) is 5.75 Å². The average Bonchev–Trinajstić information content (AvgIpc) is 2.59. The SMILES string of the molecule is CCCOc1ccc(/C=C(\C#N)S(=O)(=O)c2ccc(Cl)cc2)cc1. The van der Waals surface area contributed by atoms with E-state index in [1.165, 1.54) is 30.3 Å². The molecular formula is C18H16ClNO3S. The summed E-state index contributed by atoms with van der Waals surface area (Å²) in [6, 6.07) is 14.4. The van der Waals surface area contributed by atoms with Crippen molar-refractivity contribution < 1.29 is 13.2 Å². The van der Waals surface area contributed by atoms with E-state index in [1.807, 2.05) is 6.92 Å². The smallest absolute Gasteiger partial charge is 0.216 e. The van der Waals surface area contributed by atoms with Crippen molar-refractivity contribution in [2.24, 2.45) is 0 Å². The molecule has 0 radical (unpaired) electrons. The largest absolute Gasteiger partial charge is 0.494 e. The van der Waals surface area contributed by atoms with Gasteiger partial charge in [-0.2, -0.15) is 5.26 Å². The van der Waals surface area contributed by atoms with Crippen molar-refractivity contribution in [3.63, 3.8) is 0 Å². The zero-order chi connectivity index (χ0) is 17.6. The fourth-order valence-corrected chi connectivity index (χ4v) is 3.23. The van der Waals surface area contributed by atoms with Gasteiger partial charge in [0.2, 0.25) is 9.84 Å². The van der Waals surface area contributed by atoms with Crippen LogP contribution in [0.4, 0.5) is 0 Å². The first kappa shape index (κ1) is 18.1. The molecule has 0 amide bonds. The second-order valence-corrected chi connectivity index (χ2v) is 7.35. The predicted molar refractivity (Wildman–Crippen MR) is 94.5 cm³/mol. The highest BCUT2D eigenvalue weighted by atomic mass is 35.5. The molecular weight excluding hydrogens is 346 g/mol. The van der Waals surface area contributed by atoms with Crippen LogP contribution in [-0.2, 0) is 9.84 Å². The molecule has 6 heteroatoms. The maximum Gasteiger partial charge on any atom is 0.216 e. The summed E-state index contributed by atoms with van der Waals surface area (Å²) < 4.78 is 30.5. The van der Waals surface area contributed by atoms with Gasteiger partial charge < -0.3 is 4.74 Å². The van der Waals surface area contributed by atoms with Crippen molar-refractivity contribution in [1.29, 1.82) is 5.26 Å². The van der Waals surface area contributed by atoms with Crippen molar-refractivity contribution in [3.8, 4) is 11.8 Å². The zero-order valence-corrected chi connectivity index (χ0v) is 14.6. The Morgan fingerprint density at radius 3 is 2.33 bits per heavy atom. The molecule has 0 unspecified atom stereocenters. The molecule has 2 rings (SSSR count). The Balaban J connectivity index is 2.31. The number of rotatable bonds is 6. The van der Waals surface area contributed by atoms with Crippen LogP contribution in [0, 0.1) is 11.3 Å². The molecule has 0 fully saturated rings. The second kappa shape index (κ2) is 8.00. The van der Waals surface area contributed by atoms with Gasteiger partial charge in [-0.05, 0) is 54.5 Å². The Bertz CT molecular complexity index is 864. The highest BCUT2D eigenvalue weighted by molar-refractivity contribution is 7.95. The molecule has 0 aliphatic rings. The van der Waals surface area contributed by atoms with Gasteiger partial charge in [0.1, 0.15) is 16.7 Å². The third kappa shape index (κ3) is 4.38. The Morgan fingerprint density at radius 2 is 1.79 bits per heavy atom. The number of nitrogens with zero attached hydrogens (tertiary/aromatic N) is 1. The van der Waals surface area contributed by atoms with E-state index in [0.29, 0.717) is 22.9 Å². The third-order valence-corrected chi connectivity index (χ3v) is 5.11. The zero-order valence-electron chi connectivity index (χ0n) is 13.1. The third-order valence-electron chi connectivity index (χ3n) is 3.17. The van der Waals surface area contributed by atoms with E-state index in [4.69, 9.17) is 16.3 Å². The van der Waals surface area contributed by atoms with Crippen LogP contribution in [-0.4, -0.2) is 15.0 Å². The van der Waals surface area contributed by atoms with Gasteiger partial charge in [-0.1, -0.05) is 30.7 Å². The van der Waals surface area contributed by atoms with E-state index < -0.39 is 9.84 Å². The molecule has 4 nitrogen and oxygen atoms in total. The van der Waals surface area contributed by atoms with Crippen LogP contribution in [0.2, 0.25) is 5.02 Å². The standard InChI is InChI=1S/C18H16ClNO3S/c1-2-11-23-16-7-3-14(4-8-16)12-18(13-20)24(21,22)17-9-5-15(19)6-10-17/h3-10,12H,2,11H2,1H3/b18-12+. The molecule has 0 aliphatic carbocycles. The minimum absolute atomic E-state index is 0.0302. The first-order valence-corrected chi connectivity index (χ1v) is 9.19. The predicted octanol–water partition coefficient (Wildman–Crippen LogP) is 4.47. The van der Waals surface area contributed by atoms with Gasteiger partial charge in [-0.3, -0.25) is 0 Å². The van der Waals surface area contributed by atoms with Gasteiger partial charge >= 0.3 is 0 Å². The Kier molecular flexibility index (Phi) is 6.02. The number of ether oxygens (including phenoxy) is 1. The van der Waals surface area contributed by atoms with Gasteiger partial charge in [0.25, 0.3) is 0 Å². The molecule has 0 aromatic heterocycles. The summed E-state index contributed by atoms with van der Waals surface area (Å²) in [6.07, 6.45) is 2.24. The van der Waals surface area contributed by atoms with Gasteiger partial charge in [0, 0.05) is 5.02 Å². The van der Waals surface area contributed by atoms with E-state index in [0.717, 1.165) is 6.42 Å². The molecule has 0 saturated carbocycles. The number of halogens is 1. The first-order chi connectivity index (χ1) is 11.5. The number of allylic oxidation sites excluding steroid dienone is 1. The fraction of sp³-hybridized carbons (Fsp3) is 0.167. The summed E-state index contributed by atoms with van der Waals surface area (Å²) in [6.45, 7) is 2.63. The van der Waals surface area contributed by atoms with E-state index >= 15 is 0 Å². The number of sulfone groups is 1. The number of benzene rings is 2. The lowest BCUT2D eigenvalue weighted by Crippen LogP contribution is -2.03. The van der Waals surface area contributed by atoms with Crippen molar-refractivity contribution in [1.82, 2.24) is 0 Å². The molecule has 2 aromatic carbocycles. The van der Waals surface area contributed by atoms with Crippen LogP contribution in [0.15, 0.2) is 58.3 Å². The van der Waals surface area contributed by atoms with Crippen molar-refractivity contribution in [2.75, 3.05) is 6.61 Å². The summed E-state index contributed by atoms with van der Waals surface area (Å²) in [4.78, 5) is -0.297. The van der Waals surface area contributed by atoms with Gasteiger partial charge in [0.05, 0.1) is 11.5 Å². The molecule has 0 atom stereocenters. The maximum absolute atomic E-state index is 12.5.